The highest BCUT2D eigenvalue weighted by atomic mass is 32.2. The highest BCUT2D eigenvalue weighted by Gasteiger charge is 2.28. The molecule has 0 aliphatic carbocycles. The van der Waals surface area contributed by atoms with Gasteiger partial charge in [-0.15, -0.1) is 0 Å². The van der Waals surface area contributed by atoms with E-state index in [4.69, 9.17) is 4.74 Å². The highest BCUT2D eigenvalue weighted by Crippen LogP contribution is 2.21. The van der Waals surface area contributed by atoms with E-state index in [2.05, 4.69) is 0 Å². The summed E-state index contributed by atoms with van der Waals surface area (Å²) in [5.41, 5.74) is -0.00342. The van der Waals surface area contributed by atoms with Crippen LogP contribution in [-0.2, 0) is 24.4 Å². The molecule has 2 aliphatic rings. The van der Waals surface area contributed by atoms with Gasteiger partial charge in [0.2, 0.25) is 0 Å². The van der Waals surface area contributed by atoms with E-state index in [9.17, 15) is 26.4 Å². The van der Waals surface area contributed by atoms with Crippen LogP contribution >= 0.6 is 0 Å². The molecule has 2 fully saturated rings. The summed E-state index contributed by atoms with van der Waals surface area (Å²) in [5.74, 6) is -0.462. The van der Waals surface area contributed by atoms with Gasteiger partial charge in [-0.05, 0) is 24.6 Å². The van der Waals surface area contributed by atoms with Crippen LogP contribution in [0.15, 0.2) is 28.0 Å². The van der Waals surface area contributed by atoms with Crippen LogP contribution in [0.2, 0.25) is 0 Å². The second-order valence-electron chi connectivity index (χ2n) is 7.75. The minimum absolute atomic E-state index is 0.00342. The smallest absolute Gasteiger partial charge is 0.320 e. The molecule has 0 N–H and O–H groups in total. The van der Waals surface area contributed by atoms with Crippen LogP contribution < -0.4 is 0 Å². The van der Waals surface area contributed by atoms with Crippen LogP contribution in [0.3, 0.4) is 0 Å². The van der Waals surface area contributed by atoms with Gasteiger partial charge in [-0.3, -0.25) is 4.79 Å². The third-order valence-electron chi connectivity index (χ3n) is 5.32. The van der Waals surface area contributed by atoms with Crippen molar-refractivity contribution in [2.45, 2.75) is 16.2 Å². The van der Waals surface area contributed by atoms with Crippen molar-refractivity contribution < 1.29 is 31.2 Å². The molecule has 0 spiro atoms. The fourth-order valence-corrected chi connectivity index (χ4v) is 5.01. The van der Waals surface area contributed by atoms with Crippen LogP contribution in [0.5, 0.6) is 0 Å². The fraction of sp³-hybridized carbons (Fsp3) is 0.579. The van der Waals surface area contributed by atoms with Crippen LogP contribution in [-0.4, -0.2) is 108 Å². The van der Waals surface area contributed by atoms with E-state index in [-0.39, 0.29) is 27.9 Å². The Labute approximate surface area is 182 Å². The van der Waals surface area contributed by atoms with Gasteiger partial charge in [-0.1, -0.05) is 0 Å². The molecule has 172 valence electrons. The average molecular weight is 474 g/mol. The Balaban J connectivity index is 1.79. The molecule has 2 saturated heterocycles. The maximum atomic E-state index is 13.1. The third kappa shape index (κ3) is 5.74. The van der Waals surface area contributed by atoms with Gasteiger partial charge in [0, 0.05) is 57.3 Å². The number of sulfone groups is 2. The zero-order valence-electron chi connectivity index (χ0n) is 17.6. The second-order valence-corrected chi connectivity index (χ2v) is 11.8. The highest BCUT2D eigenvalue weighted by molar-refractivity contribution is 7.91. The molecule has 12 heteroatoms. The second kappa shape index (κ2) is 9.13. The van der Waals surface area contributed by atoms with Crippen LogP contribution in [0, 0.1) is 0 Å². The Hall–Kier alpha value is -2.18. The van der Waals surface area contributed by atoms with E-state index in [0.717, 1.165) is 18.6 Å². The zero-order valence-corrected chi connectivity index (χ0v) is 19.2. The summed E-state index contributed by atoms with van der Waals surface area (Å²) in [4.78, 5) is 30.3. The quantitative estimate of drug-likeness (QED) is 0.610. The van der Waals surface area contributed by atoms with Crippen molar-refractivity contribution in [3.8, 4) is 0 Å². The van der Waals surface area contributed by atoms with Gasteiger partial charge in [0.05, 0.1) is 23.0 Å². The van der Waals surface area contributed by atoms with Gasteiger partial charge in [0.1, 0.15) is 0 Å². The summed E-state index contributed by atoms with van der Waals surface area (Å²) in [6.45, 7) is 3.56. The van der Waals surface area contributed by atoms with Crippen molar-refractivity contribution in [3.05, 3.63) is 23.8 Å². The number of ether oxygens (including phenoxy) is 1. The van der Waals surface area contributed by atoms with E-state index in [1.165, 1.54) is 17.0 Å². The van der Waals surface area contributed by atoms with Crippen molar-refractivity contribution >= 4 is 31.6 Å². The maximum Gasteiger partial charge on any atom is 0.320 e. The Morgan fingerprint density at radius 1 is 0.742 bits per heavy atom. The van der Waals surface area contributed by atoms with Crippen LogP contribution in [0.4, 0.5) is 4.79 Å². The van der Waals surface area contributed by atoms with Gasteiger partial charge < -0.3 is 19.4 Å². The monoisotopic (exact) mass is 473 g/mol. The molecule has 0 unspecified atom stereocenters. The summed E-state index contributed by atoms with van der Waals surface area (Å²) in [6.07, 6.45) is 2.49. The van der Waals surface area contributed by atoms with Crippen molar-refractivity contribution in [2.75, 3.05) is 65.0 Å². The summed E-state index contributed by atoms with van der Waals surface area (Å²) in [7, 11) is -7.43. The van der Waals surface area contributed by atoms with Gasteiger partial charge in [0.25, 0.3) is 5.91 Å². The number of rotatable bonds is 3. The molecule has 0 atom stereocenters. The molecular weight excluding hydrogens is 446 g/mol. The first-order valence-electron chi connectivity index (χ1n) is 9.93. The number of carbonyl (C=O) groups is 2. The summed E-state index contributed by atoms with van der Waals surface area (Å²) in [6, 6.07) is 3.38. The SMILES string of the molecule is CS(=O)(=O)c1cc(C(=O)N2CCCN(C(=O)N3CCOCC3)CC2)cc(S(C)(=O)=O)c1. The van der Waals surface area contributed by atoms with Gasteiger partial charge in [0.15, 0.2) is 19.7 Å². The third-order valence-corrected chi connectivity index (χ3v) is 7.50. The number of amides is 3. The molecule has 3 rings (SSSR count). The van der Waals surface area contributed by atoms with Crippen LogP contribution in [0.25, 0.3) is 0 Å². The van der Waals surface area contributed by atoms with Crippen molar-refractivity contribution in [1.29, 1.82) is 0 Å². The molecule has 31 heavy (non-hydrogen) atoms. The summed E-state index contributed by atoms with van der Waals surface area (Å²) < 4.78 is 53.3. The molecule has 2 heterocycles. The molecule has 0 saturated carbocycles. The minimum Gasteiger partial charge on any atom is -0.378 e. The number of morpholine rings is 1. The van der Waals surface area contributed by atoms with E-state index < -0.39 is 25.6 Å². The molecule has 0 bridgehead atoms. The van der Waals surface area contributed by atoms with E-state index in [1.807, 2.05) is 0 Å². The minimum atomic E-state index is -3.72. The Kier molecular flexibility index (Phi) is 6.92. The Bertz CT molecular complexity index is 1010. The normalized spacial score (nSPS) is 18.6. The molecule has 0 radical (unpaired) electrons. The number of hydrogen-bond donors (Lipinski definition) is 0. The lowest BCUT2D eigenvalue weighted by molar-refractivity contribution is 0.0435. The standard InChI is InChI=1S/C19H27N3O7S2/c1-30(25,26)16-12-15(13-17(14-16)31(2,27)28)18(23)20-4-3-5-21(7-6-20)19(24)22-8-10-29-11-9-22/h12-14H,3-11H2,1-2H3. The predicted octanol–water partition coefficient (Wildman–Crippen LogP) is 0.0937. The zero-order chi connectivity index (χ0) is 22.8. The lowest BCUT2D eigenvalue weighted by atomic mass is 10.2. The molecule has 1 aromatic carbocycles. The fourth-order valence-electron chi connectivity index (χ4n) is 3.57. The number of benzene rings is 1. The first kappa shape index (κ1) is 23.5. The van der Waals surface area contributed by atoms with Crippen molar-refractivity contribution in [1.82, 2.24) is 14.7 Å². The largest absolute Gasteiger partial charge is 0.378 e. The molecule has 10 nitrogen and oxygen atoms in total. The molecule has 1 aromatic rings. The lowest BCUT2D eigenvalue weighted by Gasteiger charge is -2.32. The number of nitrogens with zero attached hydrogens (tertiary/aromatic N) is 3. The van der Waals surface area contributed by atoms with E-state index in [1.54, 1.807) is 9.80 Å². The van der Waals surface area contributed by atoms with Crippen molar-refractivity contribution in [2.24, 2.45) is 0 Å². The Morgan fingerprint density at radius 2 is 1.23 bits per heavy atom. The first-order valence-corrected chi connectivity index (χ1v) is 13.7. The number of urea groups is 1. The Morgan fingerprint density at radius 3 is 1.77 bits per heavy atom. The van der Waals surface area contributed by atoms with E-state index in [0.29, 0.717) is 52.4 Å². The molecule has 3 amide bonds. The molecular formula is C19H27N3O7S2. The van der Waals surface area contributed by atoms with E-state index >= 15 is 0 Å². The topological polar surface area (TPSA) is 121 Å². The summed E-state index contributed by atoms with van der Waals surface area (Å²) >= 11 is 0. The predicted molar refractivity (Wildman–Crippen MR) is 113 cm³/mol. The number of hydrogen-bond acceptors (Lipinski definition) is 7. The maximum absolute atomic E-state index is 13.1. The average Bonchev–Trinajstić information content (AvgIpc) is 2.98. The van der Waals surface area contributed by atoms with Gasteiger partial charge in [-0.2, -0.15) is 0 Å². The van der Waals surface area contributed by atoms with Gasteiger partial charge in [-0.25, -0.2) is 21.6 Å². The van der Waals surface area contributed by atoms with Crippen LogP contribution in [0.1, 0.15) is 16.8 Å². The van der Waals surface area contributed by atoms with Crippen molar-refractivity contribution in [3.63, 3.8) is 0 Å². The molecule has 2 aliphatic heterocycles. The number of carbonyl (C=O) groups excluding carboxylic acids is 2. The summed E-state index contributed by atoms with van der Waals surface area (Å²) in [5, 5.41) is 0. The van der Waals surface area contributed by atoms with Gasteiger partial charge >= 0.3 is 6.03 Å². The first-order chi connectivity index (χ1) is 14.5. The molecule has 0 aromatic heterocycles. The lowest BCUT2D eigenvalue weighted by Crippen LogP contribution is -2.49.